The Bertz CT molecular complexity index is 982. The Kier molecular flexibility index (Phi) is 5.17. The summed E-state index contributed by atoms with van der Waals surface area (Å²) in [6.45, 7) is 1.89. The Morgan fingerprint density at radius 2 is 1.81 bits per heavy atom. The van der Waals surface area contributed by atoms with Crippen molar-refractivity contribution in [3.63, 3.8) is 0 Å². The van der Waals surface area contributed by atoms with Gasteiger partial charge in [0.1, 0.15) is 5.57 Å². The molecule has 7 nitrogen and oxygen atoms in total. The molecule has 1 aliphatic rings. The Balaban J connectivity index is 2.04. The van der Waals surface area contributed by atoms with E-state index in [2.05, 4.69) is 5.32 Å². The summed E-state index contributed by atoms with van der Waals surface area (Å²) in [5, 5.41) is 12.1. The van der Waals surface area contributed by atoms with E-state index in [0.717, 1.165) is 10.5 Å². The second-order valence-electron chi connectivity index (χ2n) is 5.85. The van der Waals surface area contributed by atoms with Crippen molar-refractivity contribution in [2.24, 2.45) is 0 Å². The summed E-state index contributed by atoms with van der Waals surface area (Å²) < 4.78 is 5.59. The van der Waals surface area contributed by atoms with Crippen molar-refractivity contribution in [3.05, 3.63) is 56.7 Å². The van der Waals surface area contributed by atoms with Crippen LogP contribution in [-0.4, -0.2) is 30.1 Å². The minimum atomic E-state index is -0.802. The van der Waals surface area contributed by atoms with Crippen LogP contribution in [0.2, 0.25) is 0 Å². The summed E-state index contributed by atoms with van der Waals surface area (Å²) in [6, 6.07) is 9.09. The van der Waals surface area contributed by atoms with Gasteiger partial charge in [-0.3, -0.25) is 14.9 Å². The molecule has 1 fully saturated rings. The predicted molar refractivity (Wildman–Crippen MR) is 108 cm³/mol. The number of anilines is 1. The average molecular weight is 478 g/mol. The molecule has 1 aliphatic heterocycles. The quantitative estimate of drug-likeness (QED) is 0.402. The molecule has 2 N–H and O–H groups in total. The van der Waals surface area contributed by atoms with Crippen molar-refractivity contribution in [1.82, 2.24) is 5.32 Å². The first-order valence-corrected chi connectivity index (χ1v) is 8.94. The fraction of sp³-hybridized carbons (Fsp3) is 0.105. The number of ether oxygens (including phenoxy) is 1. The SMILES string of the molecule is COc1cc(C=C2C(=O)NC(=O)N(c3ccc(C)cc3)C2=O)cc(I)c1O. The number of aryl methyl sites for hydroxylation is 1. The largest absolute Gasteiger partial charge is 0.504 e. The van der Waals surface area contributed by atoms with Gasteiger partial charge in [0.15, 0.2) is 11.5 Å². The molecule has 4 amide bonds. The van der Waals surface area contributed by atoms with Gasteiger partial charge < -0.3 is 9.84 Å². The van der Waals surface area contributed by atoms with Crippen molar-refractivity contribution in [1.29, 1.82) is 0 Å². The lowest BCUT2D eigenvalue weighted by atomic mass is 10.1. The lowest BCUT2D eigenvalue weighted by molar-refractivity contribution is -0.122. The van der Waals surface area contributed by atoms with Crippen LogP contribution in [0.4, 0.5) is 10.5 Å². The van der Waals surface area contributed by atoms with Gasteiger partial charge in [0.2, 0.25) is 0 Å². The van der Waals surface area contributed by atoms with Gasteiger partial charge in [0, 0.05) is 0 Å². The zero-order chi connectivity index (χ0) is 19.7. The number of methoxy groups -OCH3 is 1. The molecular weight excluding hydrogens is 463 g/mol. The molecule has 1 heterocycles. The molecule has 0 radical (unpaired) electrons. The molecule has 0 aliphatic carbocycles. The van der Waals surface area contributed by atoms with Gasteiger partial charge in [-0.15, -0.1) is 0 Å². The third kappa shape index (κ3) is 3.65. The Morgan fingerprint density at radius 3 is 2.44 bits per heavy atom. The normalized spacial score (nSPS) is 15.9. The Hall–Kier alpha value is -2.88. The number of phenols is 1. The number of benzene rings is 2. The second kappa shape index (κ2) is 7.39. The second-order valence-corrected chi connectivity index (χ2v) is 7.01. The lowest BCUT2D eigenvalue weighted by Gasteiger charge is -2.26. The number of hydrogen-bond acceptors (Lipinski definition) is 5. The third-order valence-corrected chi connectivity index (χ3v) is 4.80. The highest BCUT2D eigenvalue weighted by Gasteiger charge is 2.36. The summed E-state index contributed by atoms with van der Waals surface area (Å²) in [5.41, 5.74) is 1.62. The third-order valence-electron chi connectivity index (χ3n) is 3.98. The minimum absolute atomic E-state index is 0.0314. The summed E-state index contributed by atoms with van der Waals surface area (Å²) in [7, 11) is 1.40. The zero-order valence-electron chi connectivity index (χ0n) is 14.4. The van der Waals surface area contributed by atoms with E-state index in [1.54, 1.807) is 30.3 Å². The molecule has 0 aromatic heterocycles. The number of nitrogens with one attached hydrogen (secondary N) is 1. The molecule has 0 atom stereocenters. The molecule has 27 heavy (non-hydrogen) atoms. The van der Waals surface area contributed by atoms with Crippen LogP contribution in [0.15, 0.2) is 42.0 Å². The average Bonchev–Trinajstić information content (AvgIpc) is 2.62. The fourth-order valence-electron chi connectivity index (χ4n) is 2.59. The van der Waals surface area contributed by atoms with E-state index in [9.17, 15) is 19.5 Å². The number of aromatic hydroxyl groups is 1. The summed E-state index contributed by atoms with van der Waals surface area (Å²) >= 11 is 1.91. The maximum absolute atomic E-state index is 12.8. The number of urea groups is 1. The maximum atomic E-state index is 12.8. The number of carbonyl (C=O) groups is 3. The van der Waals surface area contributed by atoms with Crippen LogP contribution in [0.5, 0.6) is 11.5 Å². The van der Waals surface area contributed by atoms with Gasteiger partial charge in [-0.05, 0) is 65.4 Å². The van der Waals surface area contributed by atoms with Crippen LogP contribution in [-0.2, 0) is 9.59 Å². The van der Waals surface area contributed by atoms with E-state index in [0.29, 0.717) is 14.8 Å². The Labute approximate surface area is 168 Å². The highest BCUT2D eigenvalue weighted by atomic mass is 127. The summed E-state index contributed by atoms with van der Waals surface area (Å²) in [6.07, 6.45) is 1.36. The van der Waals surface area contributed by atoms with Crippen molar-refractivity contribution < 1.29 is 24.2 Å². The molecule has 3 rings (SSSR count). The number of phenolic OH excluding ortho intramolecular Hbond substituents is 1. The smallest absolute Gasteiger partial charge is 0.335 e. The van der Waals surface area contributed by atoms with Crippen molar-refractivity contribution in [2.45, 2.75) is 6.92 Å². The number of carbonyl (C=O) groups excluding carboxylic acids is 3. The van der Waals surface area contributed by atoms with Crippen LogP contribution in [0.1, 0.15) is 11.1 Å². The predicted octanol–water partition coefficient (Wildman–Crippen LogP) is 2.98. The monoisotopic (exact) mass is 478 g/mol. The molecule has 0 unspecified atom stereocenters. The highest BCUT2D eigenvalue weighted by molar-refractivity contribution is 14.1. The lowest BCUT2D eigenvalue weighted by Crippen LogP contribution is -2.54. The van der Waals surface area contributed by atoms with Crippen LogP contribution in [0.3, 0.4) is 0 Å². The highest BCUT2D eigenvalue weighted by Crippen LogP contribution is 2.33. The van der Waals surface area contributed by atoms with Crippen LogP contribution >= 0.6 is 22.6 Å². The van der Waals surface area contributed by atoms with Gasteiger partial charge in [-0.25, -0.2) is 9.69 Å². The summed E-state index contributed by atoms with van der Waals surface area (Å²) in [4.78, 5) is 38.2. The molecule has 2 aromatic carbocycles. The molecular formula is C19H15IN2O5. The number of imide groups is 2. The van der Waals surface area contributed by atoms with E-state index in [4.69, 9.17) is 4.74 Å². The van der Waals surface area contributed by atoms with E-state index in [1.807, 2.05) is 29.5 Å². The first kappa shape index (κ1) is 18.9. The van der Waals surface area contributed by atoms with Gasteiger partial charge in [0.25, 0.3) is 11.8 Å². The minimum Gasteiger partial charge on any atom is -0.504 e. The first-order chi connectivity index (χ1) is 12.8. The Morgan fingerprint density at radius 1 is 1.15 bits per heavy atom. The standard InChI is InChI=1S/C19H15IN2O5/c1-10-3-5-12(6-4-10)22-18(25)13(17(24)21-19(22)26)7-11-8-14(20)16(23)15(9-11)27-2/h3-9,23H,1-2H3,(H,21,24,26). The van der Waals surface area contributed by atoms with Crippen LogP contribution in [0, 0.1) is 10.5 Å². The number of nitrogens with zero attached hydrogens (tertiary/aromatic N) is 1. The van der Waals surface area contributed by atoms with Crippen molar-refractivity contribution in [3.8, 4) is 11.5 Å². The fourth-order valence-corrected chi connectivity index (χ4v) is 3.21. The number of barbiturate groups is 1. The molecule has 0 bridgehead atoms. The number of halogens is 1. The number of rotatable bonds is 3. The van der Waals surface area contributed by atoms with Gasteiger partial charge in [0.05, 0.1) is 16.4 Å². The van der Waals surface area contributed by atoms with E-state index in [-0.39, 0.29) is 17.1 Å². The zero-order valence-corrected chi connectivity index (χ0v) is 16.6. The van der Waals surface area contributed by atoms with E-state index < -0.39 is 17.8 Å². The van der Waals surface area contributed by atoms with Crippen LogP contribution in [0.25, 0.3) is 6.08 Å². The topological polar surface area (TPSA) is 95.9 Å². The van der Waals surface area contributed by atoms with E-state index in [1.165, 1.54) is 19.3 Å². The molecule has 8 heteroatoms. The van der Waals surface area contributed by atoms with Gasteiger partial charge >= 0.3 is 6.03 Å². The maximum Gasteiger partial charge on any atom is 0.335 e. The molecule has 0 saturated carbocycles. The molecule has 138 valence electrons. The number of hydrogen-bond donors (Lipinski definition) is 2. The van der Waals surface area contributed by atoms with Crippen molar-refractivity contribution in [2.75, 3.05) is 12.0 Å². The van der Waals surface area contributed by atoms with Crippen molar-refractivity contribution >= 4 is 52.2 Å². The van der Waals surface area contributed by atoms with Gasteiger partial charge in [-0.2, -0.15) is 0 Å². The first-order valence-electron chi connectivity index (χ1n) is 7.86. The molecule has 0 spiro atoms. The van der Waals surface area contributed by atoms with Crippen LogP contribution < -0.4 is 15.0 Å². The molecule has 2 aromatic rings. The molecule has 1 saturated heterocycles. The summed E-state index contributed by atoms with van der Waals surface area (Å²) in [5.74, 6) is -1.33. The van der Waals surface area contributed by atoms with Gasteiger partial charge in [-0.1, -0.05) is 17.7 Å². The number of amides is 4. The van der Waals surface area contributed by atoms with E-state index >= 15 is 0 Å².